The second-order valence-corrected chi connectivity index (χ2v) is 4.52. The maximum atomic E-state index is 11.3. The lowest BCUT2D eigenvalue weighted by Crippen LogP contribution is -2.42. The van der Waals surface area contributed by atoms with Crippen molar-refractivity contribution in [3.8, 4) is 0 Å². The molecule has 0 aromatic heterocycles. The Hall–Kier alpha value is -1.23. The largest absolute Gasteiger partial charge is 0.367 e. The van der Waals surface area contributed by atoms with E-state index in [-0.39, 0.29) is 18.5 Å². The number of hydrogen-bond donors (Lipinski definition) is 1. The van der Waals surface area contributed by atoms with Gasteiger partial charge in [-0.1, -0.05) is 30.3 Å². The molecule has 1 heterocycles. The molecule has 92 valence electrons. The van der Waals surface area contributed by atoms with E-state index in [1.807, 2.05) is 25.2 Å². The Morgan fingerprint density at radius 1 is 1.41 bits per heavy atom. The lowest BCUT2D eigenvalue weighted by atomic mass is 10.1. The number of carbonyl (C=O) groups is 1. The fourth-order valence-electron chi connectivity index (χ4n) is 2.03. The molecule has 1 aromatic rings. The summed E-state index contributed by atoms with van der Waals surface area (Å²) in [6.45, 7) is 1.68. The Morgan fingerprint density at radius 2 is 2.12 bits per heavy atom. The lowest BCUT2D eigenvalue weighted by molar-refractivity contribution is -0.118. The van der Waals surface area contributed by atoms with Crippen LogP contribution in [-0.4, -0.2) is 43.0 Å². The number of hydrogen-bond acceptors (Lipinski definition) is 4. The molecule has 1 aliphatic rings. The van der Waals surface area contributed by atoms with Crippen molar-refractivity contribution < 1.29 is 9.53 Å². The van der Waals surface area contributed by atoms with E-state index in [9.17, 15) is 4.79 Å². The Bertz CT molecular complexity index is 380. The number of benzene rings is 1. The molecule has 4 heteroatoms. The molecule has 4 nitrogen and oxygen atoms in total. The molecule has 1 fully saturated rings. The second kappa shape index (κ2) is 5.40. The van der Waals surface area contributed by atoms with Crippen LogP contribution in [0.15, 0.2) is 30.3 Å². The molecule has 0 aliphatic carbocycles. The number of rotatable bonds is 4. The fourth-order valence-corrected chi connectivity index (χ4v) is 2.03. The van der Waals surface area contributed by atoms with Gasteiger partial charge in [-0.3, -0.25) is 9.69 Å². The van der Waals surface area contributed by atoms with Crippen molar-refractivity contribution in [3.05, 3.63) is 35.9 Å². The minimum Gasteiger partial charge on any atom is -0.367 e. The molecule has 2 atom stereocenters. The average molecular weight is 234 g/mol. The van der Waals surface area contributed by atoms with Gasteiger partial charge in [0.25, 0.3) is 0 Å². The predicted octanol–water partition coefficient (Wildman–Crippen LogP) is 0.414. The van der Waals surface area contributed by atoms with Gasteiger partial charge in [-0.2, -0.15) is 0 Å². The second-order valence-electron chi connectivity index (χ2n) is 4.52. The van der Waals surface area contributed by atoms with Crippen LogP contribution in [0.5, 0.6) is 0 Å². The monoisotopic (exact) mass is 234 g/mol. The first-order valence-corrected chi connectivity index (χ1v) is 5.79. The molecule has 0 amide bonds. The average Bonchev–Trinajstić information content (AvgIpc) is 2.62. The Balaban J connectivity index is 1.86. The van der Waals surface area contributed by atoms with Gasteiger partial charge < -0.3 is 10.5 Å². The highest BCUT2D eigenvalue weighted by Crippen LogP contribution is 2.11. The summed E-state index contributed by atoms with van der Waals surface area (Å²) in [7, 11) is 2.01. The van der Waals surface area contributed by atoms with Crippen molar-refractivity contribution in [1.29, 1.82) is 0 Å². The summed E-state index contributed by atoms with van der Waals surface area (Å²) in [4.78, 5) is 13.4. The Labute approximate surface area is 101 Å². The number of ketones is 1. The summed E-state index contributed by atoms with van der Waals surface area (Å²) in [5.74, 6) is 0.00288. The van der Waals surface area contributed by atoms with E-state index < -0.39 is 6.04 Å². The molecule has 1 saturated heterocycles. The molecular formula is C13H18N2O2. The molecule has 0 bridgehead atoms. The molecule has 2 N–H and O–H groups in total. The highest BCUT2D eigenvalue weighted by Gasteiger charge is 2.33. The third-order valence-electron chi connectivity index (χ3n) is 3.00. The van der Waals surface area contributed by atoms with Gasteiger partial charge in [0.05, 0.1) is 12.1 Å². The van der Waals surface area contributed by atoms with Crippen LogP contribution in [-0.2, 0) is 16.1 Å². The fraction of sp³-hybridized carbons (Fsp3) is 0.462. The van der Waals surface area contributed by atoms with Gasteiger partial charge in [-0.25, -0.2) is 0 Å². The lowest BCUT2D eigenvalue weighted by Gasteiger charge is -2.22. The number of ether oxygens (including phenoxy) is 1. The third kappa shape index (κ3) is 3.12. The van der Waals surface area contributed by atoms with E-state index in [1.165, 1.54) is 5.56 Å². The smallest absolute Gasteiger partial charge is 0.177 e. The summed E-state index contributed by atoms with van der Waals surface area (Å²) >= 11 is 0. The summed E-state index contributed by atoms with van der Waals surface area (Å²) in [6.07, 6.45) is -0.170. The number of nitrogens with zero attached hydrogens (tertiary/aromatic N) is 1. The van der Waals surface area contributed by atoms with E-state index in [4.69, 9.17) is 10.5 Å². The van der Waals surface area contributed by atoms with Crippen LogP contribution in [0, 0.1) is 0 Å². The maximum absolute atomic E-state index is 11.3. The maximum Gasteiger partial charge on any atom is 0.177 e. The van der Waals surface area contributed by atoms with Crippen molar-refractivity contribution in [2.45, 2.75) is 18.7 Å². The van der Waals surface area contributed by atoms with Crippen LogP contribution >= 0.6 is 0 Å². The molecule has 1 aliphatic heterocycles. The SMILES string of the molecule is CN(Cc1ccccc1)CC1OCC(=O)C1N. The van der Waals surface area contributed by atoms with Crippen LogP contribution in [0.2, 0.25) is 0 Å². The number of likely N-dealkylation sites (N-methyl/N-ethyl adjacent to an activating group) is 1. The molecule has 1 aromatic carbocycles. The number of Topliss-reactive ketones (excluding diaryl/α,β-unsaturated/α-hetero) is 1. The first-order valence-electron chi connectivity index (χ1n) is 5.79. The zero-order chi connectivity index (χ0) is 12.3. The number of carbonyl (C=O) groups excluding carboxylic acids is 1. The zero-order valence-electron chi connectivity index (χ0n) is 10.0. The van der Waals surface area contributed by atoms with Crippen LogP contribution in [0.25, 0.3) is 0 Å². The predicted molar refractivity (Wildman–Crippen MR) is 65.5 cm³/mol. The summed E-state index contributed by atoms with van der Waals surface area (Å²) in [5.41, 5.74) is 7.01. The van der Waals surface area contributed by atoms with Gasteiger partial charge in [0, 0.05) is 13.1 Å². The van der Waals surface area contributed by atoms with Gasteiger partial charge in [-0.15, -0.1) is 0 Å². The Kier molecular flexibility index (Phi) is 3.89. The quantitative estimate of drug-likeness (QED) is 0.820. The van der Waals surface area contributed by atoms with Crippen molar-refractivity contribution in [1.82, 2.24) is 4.90 Å². The van der Waals surface area contributed by atoms with Crippen LogP contribution in [0.1, 0.15) is 5.56 Å². The van der Waals surface area contributed by atoms with Gasteiger partial charge in [-0.05, 0) is 12.6 Å². The first kappa shape index (κ1) is 12.2. The van der Waals surface area contributed by atoms with Gasteiger partial charge in [0.2, 0.25) is 0 Å². The van der Waals surface area contributed by atoms with E-state index in [1.54, 1.807) is 0 Å². The highest BCUT2D eigenvalue weighted by atomic mass is 16.5. The molecule has 2 rings (SSSR count). The summed E-state index contributed by atoms with van der Waals surface area (Å²) in [5, 5.41) is 0. The van der Waals surface area contributed by atoms with Gasteiger partial charge in [0.15, 0.2) is 5.78 Å². The van der Waals surface area contributed by atoms with E-state index in [2.05, 4.69) is 17.0 Å². The molecule has 0 saturated carbocycles. The van der Waals surface area contributed by atoms with Crippen molar-refractivity contribution in [2.24, 2.45) is 5.73 Å². The third-order valence-corrected chi connectivity index (χ3v) is 3.00. The van der Waals surface area contributed by atoms with E-state index >= 15 is 0 Å². The highest BCUT2D eigenvalue weighted by molar-refractivity contribution is 5.87. The van der Waals surface area contributed by atoms with Crippen LogP contribution in [0.3, 0.4) is 0 Å². The minimum absolute atomic E-state index is 0.00288. The van der Waals surface area contributed by atoms with Crippen LogP contribution < -0.4 is 5.73 Å². The van der Waals surface area contributed by atoms with Crippen molar-refractivity contribution >= 4 is 5.78 Å². The zero-order valence-corrected chi connectivity index (χ0v) is 10.0. The minimum atomic E-state index is -0.465. The van der Waals surface area contributed by atoms with E-state index in [0.717, 1.165) is 6.54 Å². The molecule has 0 spiro atoms. The topological polar surface area (TPSA) is 55.6 Å². The molecule has 0 radical (unpaired) electrons. The standard InChI is InChI=1S/C13H18N2O2/c1-15(7-10-5-3-2-4-6-10)8-12-13(14)11(16)9-17-12/h2-6,12-13H,7-9,14H2,1H3. The Morgan fingerprint density at radius 3 is 2.71 bits per heavy atom. The first-order chi connectivity index (χ1) is 8.16. The summed E-state index contributed by atoms with van der Waals surface area (Å²) < 4.78 is 5.37. The normalized spacial score (nSPS) is 24.5. The molecule has 17 heavy (non-hydrogen) atoms. The molecule has 2 unspecified atom stereocenters. The summed E-state index contributed by atoms with van der Waals surface area (Å²) in [6, 6.07) is 9.73. The van der Waals surface area contributed by atoms with Crippen molar-refractivity contribution in [2.75, 3.05) is 20.2 Å². The van der Waals surface area contributed by atoms with Crippen LogP contribution in [0.4, 0.5) is 0 Å². The van der Waals surface area contributed by atoms with Crippen molar-refractivity contribution in [3.63, 3.8) is 0 Å². The molecular weight excluding hydrogens is 216 g/mol. The van der Waals surface area contributed by atoms with E-state index in [0.29, 0.717) is 6.54 Å². The van der Waals surface area contributed by atoms with Gasteiger partial charge >= 0.3 is 0 Å². The number of nitrogens with two attached hydrogens (primary N) is 1. The van der Waals surface area contributed by atoms with Gasteiger partial charge in [0.1, 0.15) is 6.61 Å².